The van der Waals surface area contributed by atoms with Gasteiger partial charge >= 0.3 is 0 Å². The van der Waals surface area contributed by atoms with Crippen molar-refractivity contribution in [1.29, 1.82) is 0 Å². The normalized spacial score (nSPS) is 11.8. The molecule has 3 rings (SSSR count). The van der Waals surface area contributed by atoms with Crippen LogP contribution in [0.4, 0.5) is 0 Å². The molecule has 2 heterocycles. The Morgan fingerprint density at radius 3 is 2.40 bits per heavy atom. The van der Waals surface area contributed by atoms with Gasteiger partial charge in [-0.15, -0.1) is 0 Å². The van der Waals surface area contributed by atoms with Gasteiger partial charge in [-0.1, -0.05) is 24.8 Å². The van der Waals surface area contributed by atoms with E-state index in [2.05, 4.69) is 31.2 Å². The van der Waals surface area contributed by atoms with E-state index in [0.717, 1.165) is 6.26 Å². The van der Waals surface area contributed by atoms with Gasteiger partial charge in [-0.05, 0) is 32.0 Å². The number of hydrogen-bond acceptors (Lipinski definition) is 8. The molecule has 156 valence electrons. The van der Waals surface area contributed by atoms with Gasteiger partial charge in [0.1, 0.15) is 0 Å². The highest BCUT2D eigenvalue weighted by Crippen LogP contribution is 2.31. The molecule has 0 radical (unpaired) electrons. The molecular weight excluding hydrogens is 406 g/mol. The van der Waals surface area contributed by atoms with E-state index in [9.17, 15) is 13.5 Å². The number of aromatic hydroxyl groups is 1. The second-order valence-electron chi connectivity index (χ2n) is 6.98. The minimum absolute atomic E-state index is 0.0424. The average molecular weight is 427 g/mol. The number of rotatable bonds is 8. The molecule has 3 aromatic rings. The second kappa shape index (κ2) is 8.56. The van der Waals surface area contributed by atoms with Crippen molar-refractivity contribution in [2.45, 2.75) is 30.7 Å². The molecule has 2 aromatic heterocycles. The van der Waals surface area contributed by atoms with E-state index in [1.807, 2.05) is 0 Å². The molecular formula is C20H21N5O4S. The van der Waals surface area contributed by atoms with Crippen LogP contribution in [0.1, 0.15) is 19.5 Å². The number of benzene rings is 1. The van der Waals surface area contributed by atoms with Crippen LogP contribution in [0.3, 0.4) is 0 Å². The third kappa shape index (κ3) is 4.97. The lowest BCUT2D eigenvalue weighted by molar-refractivity contribution is 0.378. The SMILES string of the molecule is C=COc1nc(-c2ncccn2)nc(CC(C)(C)NS(=O)(=O)c2ccccc2)c1O. The number of sulfonamides is 1. The topological polar surface area (TPSA) is 127 Å². The summed E-state index contributed by atoms with van der Waals surface area (Å²) in [7, 11) is -3.78. The molecule has 0 bridgehead atoms. The first-order chi connectivity index (χ1) is 14.2. The lowest BCUT2D eigenvalue weighted by Crippen LogP contribution is -2.45. The first-order valence-electron chi connectivity index (χ1n) is 8.96. The molecule has 0 atom stereocenters. The summed E-state index contributed by atoms with van der Waals surface area (Å²) in [5.74, 6) is -0.0852. The Morgan fingerprint density at radius 2 is 1.77 bits per heavy atom. The highest BCUT2D eigenvalue weighted by Gasteiger charge is 2.29. The number of nitrogens with zero attached hydrogens (tertiary/aromatic N) is 4. The predicted octanol–water partition coefficient (Wildman–Crippen LogP) is 2.46. The van der Waals surface area contributed by atoms with Crippen LogP contribution < -0.4 is 9.46 Å². The first-order valence-corrected chi connectivity index (χ1v) is 10.4. The van der Waals surface area contributed by atoms with Crippen LogP contribution in [-0.2, 0) is 16.4 Å². The zero-order valence-electron chi connectivity index (χ0n) is 16.5. The van der Waals surface area contributed by atoms with Crippen LogP contribution in [0.25, 0.3) is 11.6 Å². The quantitative estimate of drug-likeness (QED) is 0.525. The summed E-state index contributed by atoms with van der Waals surface area (Å²) in [4.78, 5) is 16.8. The summed E-state index contributed by atoms with van der Waals surface area (Å²) in [6.07, 6.45) is 4.22. The van der Waals surface area contributed by atoms with E-state index >= 15 is 0 Å². The van der Waals surface area contributed by atoms with Crippen molar-refractivity contribution in [3.05, 3.63) is 67.3 Å². The van der Waals surface area contributed by atoms with Crippen molar-refractivity contribution in [3.63, 3.8) is 0 Å². The molecule has 0 fully saturated rings. The van der Waals surface area contributed by atoms with Crippen LogP contribution in [0.15, 0.2) is 66.5 Å². The lowest BCUT2D eigenvalue weighted by Gasteiger charge is -2.26. The maximum Gasteiger partial charge on any atom is 0.265 e. The number of aromatic nitrogens is 4. The monoisotopic (exact) mass is 427 g/mol. The molecule has 0 aliphatic carbocycles. The Kier molecular flexibility index (Phi) is 6.09. The minimum Gasteiger partial charge on any atom is -0.502 e. The molecule has 10 heteroatoms. The van der Waals surface area contributed by atoms with Gasteiger partial charge in [-0.2, -0.15) is 4.98 Å². The highest BCUT2D eigenvalue weighted by molar-refractivity contribution is 7.89. The van der Waals surface area contributed by atoms with Crippen LogP contribution in [-0.4, -0.2) is 39.0 Å². The second-order valence-corrected chi connectivity index (χ2v) is 8.67. The van der Waals surface area contributed by atoms with Gasteiger partial charge in [-0.25, -0.2) is 28.1 Å². The summed E-state index contributed by atoms with van der Waals surface area (Å²) in [6.45, 7) is 6.83. The number of nitrogens with one attached hydrogen (secondary N) is 1. The summed E-state index contributed by atoms with van der Waals surface area (Å²) in [5.41, 5.74) is -0.828. The number of ether oxygens (including phenoxy) is 1. The molecule has 30 heavy (non-hydrogen) atoms. The Labute approximate surface area is 174 Å². The Balaban J connectivity index is 1.96. The van der Waals surface area contributed by atoms with Crippen molar-refractivity contribution < 1.29 is 18.3 Å². The largest absolute Gasteiger partial charge is 0.502 e. The Bertz CT molecular complexity index is 1140. The Morgan fingerprint density at radius 1 is 1.10 bits per heavy atom. The van der Waals surface area contributed by atoms with Crippen molar-refractivity contribution in [3.8, 4) is 23.3 Å². The van der Waals surface area contributed by atoms with Gasteiger partial charge in [0.05, 0.1) is 16.9 Å². The van der Waals surface area contributed by atoms with E-state index in [4.69, 9.17) is 4.74 Å². The summed E-state index contributed by atoms with van der Waals surface area (Å²) >= 11 is 0. The fourth-order valence-electron chi connectivity index (χ4n) is 2.75. The molecule has 0 spiro atoms. The molecule has 9 nitrogen and oxygen atoms in total. The zero-order valence-corrected chi connectivity index (χ0v) is 17.3. The summed E-state index contributed by atoms with van der Waals surface area (Å²) < 4.78 is 33.3. The fourth-order valence-corrected chi connectivity index (χ4v) is 4.19. The molecule has 0 aliphatic heterocycles. The predicted molar refractivity (Wildman–Crippen MR) is 110 cm³/mol. The molecule has 0 saturated carbocycles. The van der Waals surface area contributed by atoms with Gasteiger partial charge in [-0.3, -0.25) is 0 Å². The number of hydrogen-bond donors (Lipinski definition) is 2. The van der Waals surface area contributed by atoms with Crippen molar-refractivity contribution in [2.75, 3.05) is 0 Å². The molecule has 0 amide bonds. The fraction of sp³-hybridized carbons (Fsp3) is 0.200. The van der Waals surface area contributed by atoms with Gasteiger partial charge < -0.3 is 9.84 Å². The van der Waals surface area contributed by atoms with Gasteiger partial charge in [0.25, 0.3) is 5.88 Å². The van der Waals surface area contributed by atoms with Crippen molar-refractivity contribution in [2.24, 2.45) is 0 Å². The average Bonchev–Trinajstić information content (AvgIpc) is 2.71. The Hall–Kier alpha value is -3.37. The maximum absolute atomic E-state index is 12.7. The van der Waals surface area contributed by atoms with Gasteiger partial charge in [0, 0.05) is 24.4 Å². The van der Waals surface area contributed by atoms with E-state index in [1.54, 1.807) is 38.1 Å². The van der Waals surface area contributed by atoms with Crippen molar-refractivity contribution in [1.82, 2.24) is 24.7 Å². The van der Waals surface area contributed by atoms with Crippen LogP contribution in [0.2, 0.25) is 0 Å². The molecule has 1 aromatic carbocycles. The molecule has 0 unspecified atom stereocenters. The highest BCUT2D eigenvalue weighted by atomic mass is 32.2. The van der Waals surface area contributed by atoms with Crippen LogP contribution in [0, 0.1) is 0 Å². The third-order valence-corrected chi connectivity index (χ3v) is 5.67. The van der Waals surface area contributed by atoms with Gasteiger partial charge in [0.15, 0.2) is 5.82 Å². The van der Waals surface area contributed by atoms with E-state index in [-0.39, 0.29) is 40.3 Å². The maximum atomic E-state index is 12.7. The first kappa shape index (κ1) is 21.3. The van der Waals surface area contributed by atoms with Crippen LogP contribution in [0.5, 0.6) is 11.6 Å². The minimum atomic E-state index is -3.78. The van der Waals surface area contributed by atoms with Gasteiger partial charge in [0.2, 0.25) is 21.6 Å². The summed E-state index contributed by atoms with van der Waals surface area (Å²) in [5, 5.41) is 10.6. The van der Waals surface area contributed by atoms with E-state index < -0.39 is 15.6 Å². The smallest absolute Gasteiger partial charge is 0.265 e. The lowest BCUT2D eigenvalue weighted by atomic mass is 9.99. The summed E-state index contributed by atoms with van der Waals surface area (Å²) in [6, 6.07) is 9.67. The van der Waals surface area contributed by atoms with E-state index in [1.165, 1.54) is 24.5 Å². The molecule has 2 N–H and O–H groups in total. The van der Waals surface area contributed by atoms with Crippen molar-refractivity contribution >= 4 is 10.0 Å². The third-order valence-electron chi connectivity index (χ3n) is 3.96. The van der Waals surface area contributed by atoms with Crippen LogP contribution >= 0.6 is 0 Å². The zero-order chi connectivity index (χ0) is 21.8. The molecule has 0 saturated heterocycles. The standard InChI is InChI=1S/C20H21N5O4S/c1-4-29-19-16(26)15(23-18(24-19)17-21-11-8-12-22-17)13-20(2,3)25-30(27,28)14-9-6-5-7-10-14/h4-12,25-26H,1,13H2,2-3H3. The van der Waals surface area contributed by atoms with E-state index in [0.29, 0.717) is 0 Å². The molecule has 0 aliphatic rings.